The molecule has 5 nitrogen and oxygen atoms in total. The van der Waals surface area contributed by atoms with E-state index in [1.165, 1.54) is 6.07 Å². The second-order valence-corrected chi connectivity index (χ2v) is 3.78. The molecular weight excluding hydrogens is 220 g/mol. The molecule has 1 rings (SSSR count). The maximum atomic E-state index is 11.4. The van der Waals surface area contributed by atoms with Crippen LogP contribution in [0.25, 0.3) is 0 Å². The van der Waals surface area contributed by atoms with Gasteiger partial charge in [-0.05, 0) is 20.0 Å². The molecule has 0 saturated heterocycles. The molecule has 17 heavy (non-hydrogen) atoms. The van der Waals surface area contributed by atoms with E-state index in [4.69, 9.17) is 4.74 Å². The zero-order valence-electron chi connectivity index (χ0n) is 10.3. The van der Waals surface area contributed by atoms with Crippen LogP contribution in [0.1, 0.15) is 6.92 Å². The zero-order valence-corrected chi connectivity index (χ0v) is 10.3. The highest BCUT2D eigenvalue weighted by Gasteiger charge is 2.06. The van der Waals surface area contributed by atoms with Gasteiger partial charge in [-0.1, -0.05) is 6.07 Å². The Morgan fingerprint density at radius 3 is 2.88 bits per heavy atom. The van der Waals surface area contributed by atoms with E-state index in [1.54, 1.807) is 23.8 Å². The molecule has 0 aromatic carbocycles. The van der Waals surface area contributed by atoms with Crippen molar-refractivity contribution >= 4 is 5.97 Å². The van der Waals surface area contributed by atoms with Crippen LogP contribution in [0.5, 0.6) is 0 Å². The van der Waals surface area contributed by atoms with E-state index in [0.29, 0.717) is 19.7 Å². The van der Waals surface area contributed by atoms with Crippen molar-refractivity contribution in [2.75, 3.05) is 26.7 Å². The van der Waals surface area contributed by atoms with E-state index in [9.17, 15) is 9.59 Å². The Hall–Kier alpha value is -1.62. The number of hydrogen-bond acceptors (Lipinski definition) is 4. The van der Waals surface area contributed by atoms with Crippen molar-refractivity contribution in [2.24, 2.45) is 0 Å². The van der Waals surface area contributed by atoms with E-state index < -0.39 is 0 Å². The minimum atomic E-state index is -0.240. The summed E-state index contributed by atoms with van der Waals surface area (Å²) in [5.74, 6) is -0.240. The van der Waals surface area contributed by atoms with Crippen LogP contribution in [0.3, 0.4) is 0 Å². The van der Waals surface area contributed by atoms with E-state index in [1.807, 2.05) is 18.0 Å². The second kappa shape index (κ2) is 6.85. The average Bonchev–Trinajstić information content (AvgIpc) is 2.28. The lowest BCUT2D eigenvalue weighted by Crippen LogP contribution is -2.32. The second-order valence-electron chi connectivity index (χ2n) is 3.78. The summed E-state index contributed by atoms with van der Waals surface area (Å²) in [6, 6.07) is 5.04. The van der Waals surface area contributed by atoms with E-state index >= 15 is 0 Å². The zero-order chi connectivity index (χ0) is 12.7. The van der Waals surface area contributed by atoms with Gasteiger partial charge in [0.15, 0.2) is 0 Å². The van der Waals surface area contributed by atoms with Crippen LogP contribution in [0.4, 0.5) is 0 Å². The van der Waals surface area contributed by atoms with Crippen LogP contribution >= 0.6 is 0 Å². The molecule has 0 aliphatic heterocycles. The van der Waals surface area contributed by atoms with E-state index in [2.05, 4.69) is 0 Å². The first-order valence-corrected chi connectivity index (χ1v) is 5.63. The smallest absolute Gasteiger partial charge is 0.320 e. The van der Waals surface area contributed by atoms with Gasteiger partial charge in [-0.2, -0.15) is 0 Å². The van der Waals surface area contributed by atoms with Crippen molar-refractivity contribution in [3.05, 3.63) is 34.7 Å². The maximum absolute atomic E-state index is 11.4. The predicted molar refractivity (Wildman–Crippen MR) is 64.8 cm³/mol. The van der Waals surface area contributed by atoms with E-state index in [-0.39, 0.29) is 18.1 Å². The monoisotopic (exact) mass is 238 g/mol. The fourth-order valence-electron chi connectivity index (χ4n) is 1.43. The lowest BCUT2D eigenvalue weighted by atomic mass is 10.4. The van der Waals surface area contributed by atoms with Gasteiger partial charge >= 0.3 is 5.97 Å². The molecule has 5 heteroatoms. The molecule has 0 atom stereocenters. The van der Waals surface area contributed by atoms with Gasteiger partial charge in [-0.15, -0.1) is 0 Å². The topological polar surface area (TPSA) is 51.5 Å². The highest BCUT2D eigenvalue weighted by molar-refractivity contribution is 5.71. The quantitative estimate of drug-likeness (QED) is 0.671. The molecule has 0 fully saturated rings. The molecule has 0 aliphatic carbocycles. The van der Waals surface area contributed by atoms with Gasteiger partial charge in [0.05, 0.1) is 13.2 Å². The maximum Gasteiger partial charge on any atom is 0.320 e. The molecule has 1 heterocycles. The molecule has 1 aromatic heterocycles. The Morgan fingerprint density at radius 2 is 2.24 bits per heavy atom. The number of esters is 1. The van der Waals surface area contributed by atoms with Crippen LogP contribution in [-0.2, 0) is 16.1 Å². The molecule has 94 valence electrons. The first-order valence-electron chi connectivity index (χ1n) is 5.63. The summed E-state index contributed by atoms with van der Waals surface area (Å²) in [5.41, 5.74) is -0.0305. The fourth-order valence-corrected chi connectivity index (χ4v) is 1.43. The third kappa shape index (κ3) is 4.82. The van der Waals surface area contributed by atoms with Crippen LogP contribution in [0, 0.1) is 0 Å². The molecule has 0 N–H and O–H groups in total. The van der Waals surface area contributed by atoms with Gasteiger partial charge < -0.3 is 9.30 Å². The summed E-state index contributed by atoms with van der Waals surface area (Å²) in [4.78, 5) is 24.4. The highest BCUT2D eigenvalue weighted by atomic mass is 16.5. The molecule has 0 saturated carbocycles. The standard InChI is InChI=1S/C12H18N2O3/c1-3-17-12(16)10-13(2)8-9-14-7-5-4-6-11(14)15/h4-7H,3,8-10H2,1-2H3. The third-order valence-corrected chi connectivity index (χ3v) is 2.33. The van der Waals surface area contributed by atoms with Crippen LogP contribution < -0.4 is 5.56 Å². The van der Waals surface area contributed by atoms with Gasteiger partial charge in [-0.25, -0.2) is 0 Å². The summed E-state index contributed by atoms with van der Waals surface area (Å²) in [7, 11) is 1.82. The van der Waals surface area contributed by atoms with Crippen molar-refractivity contribution in [1.29, 1.82) is 0 Å². The molecule has 0 aliphatic rings. The van der Waals surface area contributed by atoms with Crippen LogP contribution in [0.15, 0.2) is 29.2 Å². The molecule has 0 bridgehead atoms. The van der Waals surface area contributed by atoms with Crippen molar-refractivity contribution in [2.45, 2.75) is 13.5 Å². The van der Waals surface area contributed by atoms with Gasteiger partial charge in [0.1, 0.15) is 0 Å². The van der Waals surface area contributed by atoms with Crippen molar-refractivity contribution in [1.82, 2.24) is 9.47 Å². The number of carbonyl (C=O) groups is 1. The average molecular weight is 238 g/mol. The van der Waals surface area contributed by atoms with Crippen LogP contribution in [-0.4, -0.2) is 42.2 Å². The van der Waals surface area contributed by atoms with Gasteiger partial charge in [0, 0.05) is 25.4 Å². The summed E-state index contributed by atoms with van der Waals surface area (Å²) < 4.78 is 6.45. The Balaban J connectivity index is 2.38. The Labute approximate surface area is 101 Å². The summed E-state index contributed by atoms with van der Waals surface area (Å²) in [6.45, 7) is 3.61. The molecule has 0 amide bonds. The molecule has 0 spiro atoms. The SMILES string of the molecule is CCOC(=O)CN(C)CCn1ccccc1=O. The van der Waals surface area contributed by atoms with Gasteiger partial charge in [0.2, 0.25) is 0 Å². The third-order valence-electron chi connectivity index (χ3n) is 2.33. The van der Waals surface area contributed by atoms with Crippen molar-refractivity contribution in [3.63, 3.8) is 0 Å². The normalized spacial score (nSPS) is 10.5. The Morgan fingerprint density at radius 1 is 1.47 bits per heavy atom. The summed E-state index contributed by atoms with van der Waals surface area (Å²) in [6.07, 6.45) is 1.74. The first-order chi connectivity index (χ1) is 8.13. The lowest BCUT2D eigenvalue weighted by molar-refractivity contribution is -0.144. The number of ether oxygens (including phenoxy) is 1. The van der Waals surface area contributed by atoms with Crippen molar-refractivity contribution in [3.8, 4) is 0 Å². The number of rotatable bonds is 6. The summed E-state index contributed by atoms with van der Waals surface area (Å²) in [5, 5.41) is 0. The Bertz CT molecular complexity index is 414. The molecule has 0 unspecified atom stereocenters. The lowest BCUT2D eigenvalue weighted by Gasteiger charge is -2.15. The largest absolute Gasteiger partial charge is 0.465 e. The Kier molecular flexibility index (Phi) is 5.42. The fraction of sp³-hybridized carbons (Fsp3) is 0.500. The number of pyridine rings is 1. The highest BCUT2D eigenvalue weighted by Crippen LogP contribution is 1.89. The number of nitrogens with zero attached hydrogens (tertiary/aromatic N) is 2. The minimum Gasteiger partial charge on any atom is -0.465 e. The summed E-state index contributed by atoms with van der Waals surface area (Å²) >= 11 is 0. The van der Waals surface area contributed by atoms with Gasteiger partial charge in [0.25, 0.3) is 5.56 Å². The van der Waals surface area contributed by atoms with Crippen molar-refractivity contribution < 1.29 is 9.53 Å². The number of carbonyl (C=O) groups excluding carboxylic acids is 1. The van der Waals surface area contributed by atoms with Crippen LogP contribution in [0.2, 0.25) is 0 Å². The first kappa shape index (κ1) is 13.4. The van der Waals surface area contributed by atoms with E-state index in [0.717, 1.165) is 0 Å². The molecular formula is C12H18N2O3. The predicted octanol–water partition coefficient (Wildman–Crippen LogP) is 0.343. The van der Waals surface area contributed by atoms with Gasteiger partial charge in [-0.3, -0.25) is 14.5 Å². The number of aromatic nitrogens is 1. The number of hydrogen-bond donors (Lipinski definition) is 0. The molecule has 0 radical (unpaired) electrons. The minimum absolute atomic E-state index is 0.0305. The molecule has 1 aromatic rings. The number of likely N-dealkylation sites (N-methyl/N-ethyl adjacent to an activating group) is 1.